The lowest BCUT2D eigenvalue weighted by Gasteiger charge is -2.22. The molecule has 0 unspecified atom stereocenters. The third-order valence-electron chi connectivity index (χ3n) is 3.68. The Kier molecular flexibility index (Phi) is 5.71. The van der Waals surface area contributed by atoms with Crippen LogP contribution in [0.1, 0.15) is 22.9 Å². The Labute approximate surface area is 137 Å². The van der Waals surface area contributed by atoms with Gasteiger partial charge in [0.25, 0.3) is 0 Å². The summed E-state index contributed by atoms with van der Waals surface area (Å²) >= 11 is 0. The number of amides is 1. The van der Waals surface area contributed by atoms with Crippen LogP contribution in [0.15, 0.2) is 49.2 Å². The highest BCUT2D eigenvalue weighted by Crippen LogP contribution is 2.16. The van der Waals surface area contributed by atoms with Crippen LogP contribution >= 0.6 is 0 Å². The zero-order chi connectivity index (χ0) is 16.8. The van der Waals surface area contributed by atoms with E-state index in [1.807, 2.05) is 54.2 Å². The van der Waals surface area contributed by atoms with Crippen molar-refractivity contribution in [2.24, 2.45) is 0 Å². The van der Waals surface area contributed by atoms with Crippen molar-refractivity contribution in [3.8, 4) is 0 Å². The van der Waals surface area contributed by atoms with Crippen molar-refractivity contribution < 1.29 is 4.79 Å². The maximum Gasteiger partial charge on any atom is 0.243 e. The van der Waals surface area contributed by atoms with Crippen molar-refractivity contribution in [2.45, 2.75) is 26.1 Å². The lowest BCUT2D eigenvalue weighted by Crippen LogP contribution is -2.36. The smallest absolute Gasteiger partial charge is 0.243 e. The third kappa shape index (κ3) is 4.29. The lowest BCUT2D eigenvalue weighted by atomic mass is 10.1. The van der Waals surface area contributed by atoms with E-state index in [0.29, 0.717) is 13.1 Å². The number of hydrogen-bond donors (Lipinski definition) is 1. The summed E-state index contributed by atoms with van der Waals surface area (Å²) in [6.45, 7) is 6.96. The number of likely N-dealkylation sites (N-methyl/N-ethyl adjacent to an activating group) is 1. The van der Waals surface area contributed by atoms with Crippen molar-refractivity contribution in [3.63, 3.8) is 0 Å². The summed E-state index contributed by atoms with van der Waals surface area (Å²) in [4.78, 5) is 14.1. The van der Waals surface area contributed by atoms with Crippen LogP contribution in [0.4, 0.5) is 0 Å². The highest BCUT2D eigenvalue weighted by atomic mass is 16.2. The molecule has 23 heavy (non-hydrogen) atoms. The SMILES string of the molecule is C=CCn1cc(CN[C@H](C(=O)N(C)C)c2ccccc2)c(C)n1. The maximum absolute atomic E-state index is 12.5. The molecule has 0 saturated carbocycles. The number of nitrogens with zero attached hydrogens (tertiary/aromatic N) is 3. The number of nitrogens with one attached hydrogen (secondary N) is 1. The van der Waals surface area contributed by atoms with Gasteiger partial charge in [0.2, 0.25) is 5.91 Å². The Morgan fingerprint density at radius 3 is 2.70 bits per heavy atom. The van der Waals surface area contributed by atoms with Crippen LogP contribution in [0.25, 0.3) is 0 Å². The van der Waals surface area contributed by atoms with Gasteiger partial charge in [0.1, 0.15) is 6.04 Å². The summed E-state index contributed by atoms with van der Waals surface area (Å²) in [6.07, 6.45) is 3.80. The first-order valence-electron chi connectivity index (χ1n) is 7.66. The van der Waals surface area contributed by atoms with Crippen LogP contribution in [0.2, 0.25) is 0 Å². The molecular formula is C18H24N4O. The fourth-order valence-corrected chi connectivity index (χ4v) is 2.42. The Morgan fingerprint density at radius 2 is 2.09 bits per heavy atom. The van der Waals surface area contributed by atoms with Crippen molar-refractivity contribution >= 4 is 5.91 Å². The van der Waals surface area contributed by atoms with Gasteiger partial charge in [-0.05, 0) is 12.5 Å². The Balaban J connectivity index is 2.15. The first kappa shape index (κ1) is 17.0. The minimum atomic E-state index is -0.367. The molecular weight excluding hydrogens is 288 g/mol. The van der Waals surface area contributed by atoms with Crippen molar-refractivity contribution in [1.29, 1.82) is 0 Å². The van der Waals surface area contributed by atoms with E-state index in [1.54, 1.807) is 19.0 Å². The number of aromatic nitrogens is 2. The molecule has 0 fully saturated rings. The first-order chi connectivity index (χ1) is 11.0. The van der Waals surface area contributed by atoms with E-state index in [9.17, 15) is 4.79 Å². The quantitative estimate of drug-likeness (QED) is 0.798. The normalized spacial score (nSPS) is 12.0. The fraction of sp³-hybridized carbons (Fsp3) is 0.333. The van der Waals surface area contributed by atoms with Crippen LogP contribution in [0.5, 0.6) is 0 Å². The second-order valence-electron chi connectivity index (χ2n) is 5.71. The van der Waals surface area contributed by atoms with E-state index < -0.39 is 0 Å². The Morgan fingerprint density at radius 1 is 1.39 bits per heavy atom. The number of rotatable bonds is 7. The molecule has 5 heteroatoms. The van der Waals surface area contributed by atoms with E-state index in [4.69, 9.17) is 0 Å². The van der Waals surface area contributed by atoms with Crippen molar-refractivity contribution in [2.75, 3.05) is 14.1 Å². The van der Waals surface area contributed by atoms with Gasteiger partial charge in [0.15, 0.2) is 0 Å². The highest BCUT2D eigenvalue weighted by Gasteiger charge is 2.22. The summed E-state index contributed by atoms with van der Waals surface area (Å²) in [6, 6.07) is 9.40. The van der Waals surface area contributed by atoms with Crippen molar-refractivity contribution in [1.82, 2.24) is 20.0 Å². The van der Waals surface area contributed by atoms with E-state index in [-0.39, 0.29) is 11.9 Å². The zero-order valence-electron chi connectivity index (χ0n) is 14.0. The molecule has 1 amide bonds. The highest BCUT2D eigenvalue weighted by molar-refractivity contribution is 5.82. The zero-order valence-corrected chi connectivity index (χ0v) is 14.0. The second-order valence-corrected chi connectivity index (χ2v) is 5.71. The minimum absolute atomic E-state index is 0.0346. The molecule has 5 nitrogen and oxygen atoms in total. The van der Waals surface area contributed by atoms with Gasteiger partial charge in [0, 0.05) is 32.4 Å². The van der Waals surface area contributed by atoms with Gasteiger partial charge in [-0.2, -0.15) is 5.10 Å². The summed E-state index contributed by atoms with van der Waals surface area (Å²) < 4.78 is 1.85. The average molecular weight is 312 g/mol. The molecule has 0 radical (unpaired) electrons. The van der Waals surface area contributed by atoms with Crippen LogP contribution in [0, 0.1) is 6.92 Å². The van der Waals surface area contributed by atoms with Gasteiger partial charge >= 0.3 is 0 Å². The molecule has 122 valence electrons. The molecule has 0 spiro atoms. The molecule has 2 aromatic rings. The van der Waals surface area contributed by atoms with Crippen LogP contribution in [-0.4, -0.2) is 34.7 Å². The molecule has 1 heterocycles. The molecule has 0 aliphatic carbocycles. The number of benzene rings is 1. The fourth-order valence-electron chi connectivity index (χ4n) is 2.42. The Bertz CT molecular complexity index is 661. The minimum Gasteiger partial charge on any atom is -0.347 e. The summed E-state index contributed by atoms with van der Waals surface area (Å²) in [5.74, 6) is 0.0346. The van der Waals surface area contributed by atoms with E-state index in [1.165, 1.54) is 0 Å². The van der Waals surface area contributed by atoms with Crippen LogP contribution < -0.4 is 5.32 Å². The number of carbonyl (C=O) groups excluding carboxylic acids is 1. The molecule has 0 aliphatic heterocycles. The standard InChI is InChI=1S/C18H24N4O/c1-5-11-22-13-16(14(2)20-22)12-19-17(18(23)21(3)4)15-9-7-6-8-10-15/h5-10,13,17,19H,1,11-12H2,2-4H3/t17-/m0/s1. The monoisotopic (exact) mass is 312 g/mol. The largest absolute Gasteiger partial charge is 0.347 e. The molecule has 1 aromatic heterocycles. The maximum atomic E-state index is 12.5. The average Bonchev–Trinajstić information content (AvgIpc) is 2.88. The lowest BCUT2D eigenvalue weighted by molar-refractivity contribution is -0.131. The van der Waals surface area contributed by atoms with Gasteiger partial charge in [-0.3, -0.25) is 14.8 Å². The van der Waals surface area contributed by atoms with Crippen LogP contribution in [-0.2, 0) is 17.9 Å². The van der Waals surface area contributed by atoms with E-state index in [0.717, 1.165) is 16.8 Å². The topological polar surface area (TPSA) is 50.2 Å². The first-order valence-corrected chi connectivity index (χ1v) is 7.66. The third-order valence-corrected chi connectivity index (χ3v) is 3.68. The molecule has 1 N–H and O–H groups in total. The predicted octanol–water partition coefficient (Wildman–Crippen LogP) is 2.30. The summed E-state index contributed by atoms with van der Waals surface area (Å²) in [7, 11) is 3.54. The molecule has 1 atom stereocenters. The molecule has 0 bridgehead atoms. The second kappa shape index (κ2) is 7.74. The number of carbonyl (C=O) groups is 1. The molecule has 0 aliphatic rings. The molecule has 2 rings (SSSR count). The van der Waals surface area contributed by atoms with Gasteiger partial charge in [-0.15, -0.1) is 6.58 Å². The summed E-state index contributed by atoms with van der Waals surface area (Å²) in [5.41, 5.74) is 3.00. The van der Waals surface area contributed by atoms with Crippen molar-refractivity contribution in [3.05, 3.63) is 66.0 Å². The van der Waals surface area contributed by atoms with Crippen LogP contribution in [0.3, 0.4) is 0 Å². The number of allylic oxidation sites excluding steroid dienone is 1. The molecule has 1 aromatic carbocycles. The van der Waals surface area contributed by atoms with E-state index in [2.05, 4.69) is 17.0 Å². The Hall–Kier alpha value is -2.40. The van der Waals surface area contributed by atoms with Gasteiger partial charge < -0.3 is 4.90 Å². The van der Waals surface area contributed by atoms with Gasteiger partial charge in [0.05, 0.1) is 12.2 Å². The molecule has 0 saturated heterocycles. The summed E-state index contributed by atoms with van der Waals surface area (Å²) in [5, 5.41) is 7.80. The number of aryl methyl sites for hydroxylation is 1. The predicted molar refractivity (Wildman–Crippen MR) is 91.9 cm³/mol. The number of hydrogen-bond acceptors (Lipinski definition) is 3. The van der Waals surface area contributed by atoms with Gasteiger partial charge in [-0.1, -0.05) is 36.4 Å². The van der Waals surface area contributed by atoms with Gasteiger partial charge in [-0.25, -0.2) is 0 Å². The van der Waals surface area contributed by atoms with E-state index >= 15 is 0 Å².